The summed E-state index contributed by atoms with van der Waals surface area (Å²) >= 11 is 0. The standard InChI is InChI=1S/C16H27N3/c1-4-18-14(13-6-5-11-19-15(13)17)12-7-9-16(2,3)10-8-12/h5-6,11-12,14,18H,4,7-10H2,1-3H3,(H2,17,19). The van der Waals surface area contributed by atoms with Crippen molar-refractivity contribution in [3.8, 4) is 0 Å². The summed E-state index contributed by atoms with van der Waals surface area (Å²) < 4.78 is 0. The van der Waals surface area contributed by atoms with Crippen LogP contribution in [0.3, 0.4) is 0 Å². The Balaban J connectivity index is 2.15. The molecular formula is C16H27N3. The second kappa shape index (κ2) is 5.91. The summed E-state index contributed by atoms with van der Waals surface area (Å²) in [5.74, 6) is 1.36. The van der Waals surface area contributed by atoms with Gasteiger partial charge < -0.3 is 11.1 Å². The molecule has 1 aliphatic carbocycles. The van der Waals surface area contributed by atoms with Crippen molar-refractivity contribution in [3.63, 3.8) is 0 Å². The minimum Gasteiger partial charge on any atom is -0.383 e. The molecule has 0 spiro atoms. The number of nitrogens with two attached hydrogens (primary N) is 1. The zero-order valence-electron chi connectivity index (χ0n) is 12.4. The summed E-state index contributed by atoms with van der Waals surface area (Å²) in [6, 6.07) is 4.47. The number of aromatic nitrogens is 1. The van der Waals surface area contributed by atoms with Crippen LogP contribution < -0.4 is 11.1 Å². The summed E-state index contributed by atoms with van der Waals surface area (Å²) in [6.45, 7) is 7.89. The first kappa shape index (κ1) is 14.3. The van der Waals surface area contributed by atoms with Gasteiger partial charge in [0.2, 0.25) is 0 Å². The molecule has 3 N–H and O–H groups in total. The summed E-state index contributed by atoms with van der Waals surface area (Å²) in [4.78, 5) is 4.24. The highest BCUT2D eigenvalue weighted by Crippen LogP contribution is 2.43. The quantitative estimate of drug-likeness (QED) is 0.871. The molecule has 0 saturated heterocycles. The fraction of sp³-hybridized carbons (Fsp3) is 0.688. The van der Waals surface area contributed by atoms with Crippen LogP contribution in [0.1, 0.15) is 58.1 Å². The molecule has 1 aromatic heterocycles. The van der Waals surface area contributed by atoms with Crippen molar-refractivity contribution in [2.75, 3.05) is 12.3 Å². The molecule has 1 unspecified atom stereocenters. The number of rotatable bonds is 4. The van der Waals surface area contributed by atoms with Crippen molar-refractivity contribution in [2.45, 2.75) is 52.5 Å². The van der Waals surface area contributed by atoms with Crippen molar-refractivity contribution < 1.29 is 0 Å². The van der Waals surface area contributed by atoms with E-state index in [1.54, 1.807) is 6.20 Å². The lowest BCUT2D eigenvalue weighted by atomic mass is 9.70. The second-order valence-electron chi connectivity index (χ2n) is 6.51. The summed E-state index contributed by atoms with van der Waals surface area (Å²) in [5.41, 5.74) is 7.74. The molecule has 1 fully saturated rings. The number of hydrogen-bond acceptors (Lipinski definition) is 3. The summed E-state index contributed by atoms with van der Waals surface area (Å²) in [7, 11) is 0. The fourth-order valence-corrected chi connectivity index (χ4v) is 3.20. The van der Waals surface area contributed by atoms with Crippen LogP contribution >= 0.6 is 0 Å². The number of hydrogen-bond donors (Lipinski definition) is 2. The minimum atomic E-state index is 0.356. The highest BCUT2D eigenvalue weighted by atomic mass is 14.9. The van der Waals surface area contributed by atoms with Gasteiger partial charge in [-0.25, -0.2) is 4.98 Å². The number of anilines is 1. The molecule has 0 aromatic carbocycles. The number of nitrogens with one attached hydrogen (secondary N) is 1. The average Bonchev–Trinajstić information content (AvgIpc) is 2.38. The lowest BCUT2D eigenvalue weighted by Crippen LogP contribution is -2.33. The monoisotopic (exact) mass is 261 g/mol. The van der Waals surface area contributed by atoms with Crippen molar-refractivity contribution in [2.24, 2.45) is 11.3 Å². The van der Waals surface area contributed by atoms with E-state index in [1.165, 1.54) is 31.2 Å². The Morgan fingerprint density at radius 2 is 2.11 bits per heavy atom. The molecule has 1 saturated carbocycles. The lowest BCUT2D eigenvalue weighted by Gasteiger charge is -2.38. The van der Waals surface area contributed by atoms with Gasteiger partial charge >= 0.3 is 0 Å². The van der Waals surface area contributed by atoms with E-state index >= 15 is 0 Å². The lowest BCUT2D eigenvalue weighted by molar-refractivity contribution is 0.162. The number of pyridine rings is 1. The van der Waals surface area contributed by atoms with E-state index < -0.39 is 0 Å². The van der Waals surface area contributed by atoms with Crippen molar-refractivity contribution >= 4 is 5.82 Å². The van der Waals surface area contributed by atoms with Gasteiger partial charge in [-0.1, -0.05) is 26.8 Å². The maximum Gasteiger partial charge on any atom is 0.128 e. The molecule has 19 heavy (non-hydrogen) atoms. The van der Waals surface area contributed by atoms with E-state index in [2.05, 4.69) is 37.1 Å². The van der Waals surface area contributed by atoms with Crippen LogP contribution in [0.2, 0.25) is 0 Å². The molecule has 1 heterocycles. The summed E-state index contributed by atoms with van der Waals surface area (Å²) in [5, 5.41) is 3.62. The topological polar surface area (TPSA) is 50.9 Å². The van der Waals surface area contributed by atoms with Crippen molar-refractivity contribution in [1.82, 2.24) is 10.3 Å². The average molecular weight is 261 g/mol. The Bertz CT molecular complexity index is 404. The normalized spacial score (nSPS) is 21.2. The molecule has 1 atom stereocenters. The Hall–Kier alpha value is -1.09. The fourth-order valence-electron chi connectivity index (χ4n) is 3.20. The molecule has 0 amide bonds. The number of nitrogens with zero attached hydrogens (tertiary/aromatic N) is 1. The molecule has 0 radical (unpaired) electrons. The van der Waals surface area contributed by atoms with E-state index in [4.69, 9.17) is 5.73 Å². The first-order valence-corrected chi connectivity index (χ1v) is 7.47. The van der Waals surface area contributed by atoms with Crippen LogP contribution in [0.25, 0.3) is 0 Å². The zero-order chi connectivity index (χ0) is 13.9. The smallest absolute Gasteiger partial charge is 0.128 e. The van der Waals surface area contributed by atoms with Crippen molar-refractivity contribution in [3.05, 3.63) is 23.9 Å². The van der Waals surface area contributed by atoms with E-state index in [1.807, 2.05) is 6.07 Å². The molecule has 1 aliphatic rings. The SMILES string of the molecule is CCNC(c1cccnc1N)C1CCC(C)(C)CC1. The third-order valence-electron chi connectivity index (χ3n) is 4.49. The molecule has 2 rings (SSSR count). The first-order chi connectivity index (χ1) is 9.03. The van der Waals surface area contributed by atoms with Gasteiger partial charge in [-0.15, -0.1) is 0 Å². The molecule has 0 aliphatic heterocycles. The molecule has 3 heteroatoms. The van der Waals surface area contributed by atoms with Gasteiger partial charge in [-0.05, 0) is 49.6 Å². The van der Waals surface area contributed by atoms with Crippen LogP contribution in [0.15, 0.2) is 18.3 Å². The Morgan fingerprint density at radius 3 is 2.68 bits per heavy atom. The number of nitrogen functional groups attached to an aromatic ring is 1. The van der Waals surface area contributed by atoms with Crippen molar-refractivity contribution in [1.29, 1.82) is 0 Å². The maximum atomic E-state index is 6.06. The van der Waals surface area contributed by atoms with Gasteiger partial charge in [0.05, 0.1) is 0 Å². The highest BCUT2D eigenvalue weighted by Gasteiger charge is 2.32. The van der Waals surface area contributed by atoms with Gasteiger partial charge in [-0.2, -0.15) is 0 Å². The van der Waals surface area contributed by atoms with E-state index in [0.717, 1.165) is 6.54 Å². The Labute approximate surface area is 117 Å². The molecular weight excluding hydrogens is 234 g/mol. The highest BCUT2D eigenvalue weighted by molar-refractivity contribution is 5.41. The molecule has 0 bridgehead atoms. The van der Waals surface area contributed by atoms with E-state index in [-0.39, 0.29) is 0 Å². The van der Waals surface area contributed by atoms with Gasteiger partial charge in [0.25, 0.3) is 0 Å². The predicted molar refractivity (Wildman–Crippen MR) is 80.8 cm³/mol. The Morgan fingerprint density at radius 1 is 1.42 bits per heavy atom. The van der Waals surface area contributed by atoms with Gasteiger partial charge in [0.15, 0.2) is 0 Å². The van der Waals surface area contributed by atoms with E-state index in [0.29, 0.717) is 23.2 Å². The van der Waals surface area contributed by atoms with Gasteiger partial charge in [0.1, 0.15) is 5.82 Å². The van der Waals surface area contributed by atoms with Gasteiger partial charge in [-0.3, -0.25) is 0 Å². The molecule has 106 valence electrons. The largest absolute Gasteiger partial charge is 0.383 e. The zero-order valence-corrected chi connectivity index (χ0v) is 12.4. The van der Waals surface area contributed by atoms with Crippen LogP contribution in [0.5, 0.6) is 0 Å². The summed E-state index contributed by atoms with van der Waals surface area (Å²) in [6.07, 6.45) is 6.93. The third kappa shape index (κ3) is 3.47. The minimum absolute atomic E-state index is 0.356. The molecule has 3 nitrogen and oxygen atoms in total. The first-order valence-electron chi connectivity index (χ1n) is 7.47. The van der Waals surface area contributed by atoms with Crippen LogP contribution in [-0.4, -0.2) is 11.5 Å². The maximum absolute atomic E-state index is 6.06. The van der Waals surface area contributed by atoms with E-state index in [9.17, 15) is 0 Å². The van der Waals surface area contributed by atoms with Crippen LogP contribution in [0, 0.1) is 11.3 Å². The van der Waals surface area contributed by atoms with Crippen LogP contribution in [0.4, 0.5) is 5.82 Å². The Kier molecular flexibility index (Phi) is 4.46. The predicted octanol–water partition coefficient (Wildman–Crippen LogP) is 3.53. The van der Waals surface area contributed by atoms with Gasteiger partial charge in [0, 0.05) is 17.8 Å². The third-order valence-corrected chi connectivity index (χ3v) is 4.49. The molecule has 1 aromatic rings. The van der Waals surface area contributed by atoms with Crippen LogP contribution in [-0.2, 0) is 0 Å². The second-order valence-corrected chi connectivity index (χ2v) is 6.51.